The molecular weight excluding hydrogens is 384 g/mol. The molecule has 7 heteroatoms. The quantitative estimate of drug-likeness (QED) is 0.587. The Kier molecular flexibility index (Phi) is 5.07. The van der Waals surface area contributed by atoms with E-state index < -0.39 is 10.0 Å². The summed E-state index contributed by atoms with van der Waals surface area (Å²) >= 11 is 3.14. The highest BCUT2D eigenvalue weighted by atomic mass is 32.2. The van der Waals surface area contributed by atoms with Crippen molar-refractivity contribution in [2.75, 3.05) is 11.0 Å². The zero-order valence-electron chi connectivity index (χ0n) is 15.5. The van der Waals surface area contributed by atoms with Gasteiger partial charge in [0.1, 0.15) is 0 Å². The molecule has 0 unspecified atom stereocenters. The summed E-state index contributed by atoms with van der Waals surface area (Å²) in [5.74, 6) is 0. The van der Waals surface area contributed by atoms with Gasteiger partial charge in [0.05, 0.1) is 20.8 Å². The summed E-state index contributed by atoms with van der Waals surface area (Å²) in [6, 6.07) is 11.1. The Morgan fingerprint density at radius 1 is 1.12 bits per heavy atom. The van der Waals surface area contributed by atoms with Crippen LogP contribution in [0.3, 0.4) is 0 Å². The van der Waals surface area contributed by atoms with E-state index in [1.165, 1.54) is 0 Å². The van der Waals surface area contributed by atoms with Crippen LogP contribution in [0.5, 0.6) is 0 Å². The highest BCUT2D eigenvalue weighted by molar-refractivity contribution is 8.00. The minimum Gasteiger partial charge on any atom is -0.280 e. The van der Waals surface area contributed by atoms with Crippen molar-refractivity contribution in [3.63, 3.8) is 0 Å². The van der Waals surface area contributed by atoms with Gasteiger partial charge < -0.3 is 0 Å². The number of thioether (sulfide) groups is 1. The fourth-order valence-electron chi connectivity index (χ4n) is 2.62. The predicted octanol–water partition coefficient (Wildman–Crippen LogP) is 5.42. The number of benzene rings is 2. The summed E-state index contributed by atoms with van der Waals surface area (Å²) in [5, 5.41) is 0. The number of rotatable bonds is 4. The lowest BCUT2D eigenvalue weighted by atomic mass is 9.87. The third-order valence-corrected chi connectivity index (χ3v) is 7.67. The first-order valence-electron chi connectivity index (χ1n) is 8.19. The summed E-state index contributed by atoms with van der Waals surface area (Å²) in [6.45, 7) is 8.03. The van der Waals surface area contributed by atoms with E-state index in [0.29, 0.717) is 10.6 Å². The van der Waals surface area contributed by atoms with Crippen molar-refractivity contribution in [1.82, 2.24) is 4.98 Å². The minimum atomic E-state index is -3.67. The summed E-state index contributed by atoms with van der Waals surface area (Å²) < 4.78 is 30.6. The molecule has 3 rings (SSSR count). The normalized spacial score (nSPS) is 12.5. The smallest absolute Gasteiger partial charge is 0.262 e. The van der Waals surface area contributed by atoms with Gasteiger partial charge in [0.15, 0.2) is 4.34 Å². The molecule has 138 valence electrons. The van der Waals surface area contributed by atoms with Crippen LogP contribution in [0.25, 0.3) is 10.2 Å². The lowest BCUT2D eigenvalue weighted by Crippen LogP contribution is -2.17. The van der Waals surface area contributed by atoms with Gasteiger partial charge in [-0.3, -0.25) is 4.72 Å². The standard InChI is InChI=1S/C19H22N2O2S3/c1-12-6-7-13(19(2,3)4)10-17(12)26(22,23)21-14-8-9-15-16(11-14)25-18(20-15)24-5/h6-11,21H,1-5H3. The van der Waals surface area contributed by atoms with Gasteiger partial charge in [0, 0.05) is 0 Å². The summed E-state index contributed by atoms with van der Waals surface area (Å²) in [6.07, 6.45) is 1.98. The van der Waals surface area contributed by atoms with Gasteiger partial charge in [0.2, 0.25) is 0 Å². The van der Waals surface area contributed by atoms with Gasteiger partial charge in [-0.05, 0) is 54.0 Å². The molecular formula is C19H22N2O2S3. The molecule has 4 nitrogen and oxygen atoms in total. The first kappa shape index (κ1) is 19.2. The van der Waals surface area contributed by atoms with E-state index in [4.69, 9.17) is 0 Å². The van der Waals surface area contributed by atoms with E-state index in [0.717, 1.165) is 25.7 Å². The number of sulfonamides is 1. The molecule has 0 spiro atoms. The number of thiazole rings is 1. The molecule has 0 bridgehead atoms. The number of hydrogen-bond acceptors (Lipinski definition) is 5. The SMILES string of the molecule is CSc1nc2ccc(NS(=O)(=O)c3cc(C(C)(C)C)ccc3C)cc2s1. The topological polar surface area (TPSA) is 59.1 Å². The van der Waals surface area contributed by atoms with E-state index in [1.54, 1.807) is 35.2 Å². The molecule has 0 saturated carbocycles. The minimum absolute atomic E-state index is 0.117. The Balaban J connectivity index is 1.99. The summed E-state index contributed by atoms with van der Waals surface area (Å²) in [5.41, 5.74) is 3.04. The number of aromatic nitrogens is 1. The van der Waals surface area contributed by atoms with Crippen LogP contribution < -0.4 is 4.72 Å². The first-order valence-corrected chi connectivity index (χ1v) is 11.7. The molecule has 0 amide bonds. The highest BCUT2D eigenvalue weighted by Crippen LogP contribution is 2.31. The average Bonchev–Trinajstić information content (AvgIpc) is 2.96. The van der Waals surface area contributed by atoms with Crippen molar-refractivity contribution in [2.45, 2.75) is 42.3 Å². The molecule has 0 aliphatic rings. The van der Waals surface area contributed by atoms with Gasteiger partial charge in [-0.15, -0.1) is 11.3 Å². The largest absolute Gasteiger partial charge is 0.280 e. The fourth-order valence-corrected chi connectivity index (χ4v) is 5.47. The van der Waals surface area contributed by atoms with Gasteiger partial charge in [0.25, 0.3) is 10.0 Å². The monoisotopic (exact) mass is 406 g/mol. The van der Waals surface area contributed by atoms with Gasteiger partial charge in [-0.1, -0.05) is 44.7 Å². The Labute approximate surface area is 163 Å². The van der Waals surface area contributed by atoms with Crippen LogP contribution in [0.4, 0.5) is 5.69 Å². The molecule has 0 fully saturated rings. The van der Waals surface area contributed by atoms with Crippen molar-refractivity contribution >= 4 is 49.0 Å². The fraction of sp³-hybridized carbons (Fsp3) is 0.316. The zero-order valence-corrected chi connectivity index (χ0v) is 17.9. The van der Waals surface area contributed by atoms with E-state index in [9.17, 15) is 8.42 Å². The number of anilines is 1. The molecule has 0 atom stereocenters. The number of nitrogens with one attached hydrogen (secondary N) is 1. The maximum Gasteiger partial charge on any atom is 0.262 e. The molecule has 1 N–H and O–H groups in total. The highest BCUT2D eigenvalue weighted by Gasteiger charge is 2.21. The van der Waals surface area contributed by atoms with Crippen LogP contribution in [-0.4, -0.2) is 19.7 Å². The molecule has 1 heterocycles. The Bertz CT molecular complexity index is 1060. The molecule has 0 aliphatic heterocycles. The molecule has 0 saturated heterocycles. The van der Waals surface area contributed by atoms with Gasteiger partial charge in [-0.25, -0.2) is 13.4 Å². The predicted molar refractivity (Wildman–Crippen MR) is 112 cm³/mol. The van der Waals surface area contributed by atoms with E-state index in [1.807, 2.05) is 37.4 Å². The number of fused-ring (bicyclic) bond motifs is 1. The van der Waals surface area contributed by atoms with Crippen LogP contribution >= 0.6 is 23.1 Å². The molecule has 2 aromatic carbocycles. The van der Waals surface area contributed by atoms with E-state index in [-0.39, 0.29) is 5.41 Å². The van der Waals surface area contributed by atoms with Gasteiger partial charge in [-0.2, -0.15) is 0 Å². The molecule has 0 radical (unpaired) electrons. The number of hydrogen-bond donors (Lipinski definition) is 1. The third-order valence-electron chi connectivity index (χ3n) is 4.14. The van der Waals surface area contributed by atoms with Crippen LogP contribution in [0, 0.1) is 6.92 Å². The molecule has 3 aromatic rings. The summed E-state index contributed by atoms with van der Waals surface area (Å²) in [7, 11) is -3.67. The number of nitrogens with zero attached hydrogens (tertiary/aromatic N) is 1. The average molecular weight is 407 g/mol. The second-order valence-electron chi connectivity index (χ2n) is 7.20. The van der Waals surface area contributed by atoms with Crippen LogP contribution in [-0.2, 0) is 15.4 Å². The van der Waals surface area contributed by atoms with Crippen LogP contribution in [0.1, 0.15) is 31.9 Å². The maximum absolute atomic E-state index is 13.0. The molecule has 1 aromatic heterocycles. The molecule has 26 heavy (non-hydrogen) atoms. The van der Waals surface area contributed by atoms with Crippen LogP contribution in [0.2, 0.25) is 0 Å². The lowest BCUT2D eigenvalue weighted by molar-refractivity contribution is 0.584. The Morgan fingerprint density at radius 2 is 1.85 bits per heavy atom. The number of aryl methyl sites for hydroxylation is 1. The maximum atomic E-state index is 13.0. The summed E-state index contributed by atoms with van der Waals surface area (Å²) in [4.78, 5) is 4.80. The van der Waals surface area contributed by atoms with E-state index >= 15 is 0 Å². The van der Waals surface area contributed by atoms with Gasteiger partial charge >= 0.3 is 0 Å². The van der Waals surface area contributed by atoms with Crippen molar-refractivity contribution < 1.29 is 8.42 Å². The van der Waals surface area contributed by atoms with E-state index in [2.05, 4.69) is 30.5 Å². The Morgan fingerprint density at radius 3 is 2.50 bits per heavy atom. The second-order valence-corrected chi connectivity index (χ2v) is 10.9. The molecule has 0 aliphatic carbocycles. The van der Waals surface area contributed by atoms with Crippen molar-refractivity contribution in [1.29, 1.82) is 0 Å². The van der Waals surface area contributed by atoms with Crippen molar-refractivity contribution in [3.05, 3.63) is 47.5 Å². The Hall–Kier alpha value is -1.57. The zero-order chi connectivity index (χ0) is 19.1. The first-order chi connectivity index (χ1) is 12.1. The van der Waals surface area contributed by atoms with Crippen LogP contribution in [0.15, 0.2) is 45.6 Å². The van der Waals surface area contributed by atoms with Crippen molar-refractivity contribution in [3.8, 4) is 0 Å². The lowest BCUT2D eigenvalue weighted by Gasteiger charge is -2.21. The second kappa shape index (κ2) is 6.87. The third kappa shape index (κ3) is 3.89. The van der Waals surface area contributed by atoms with Crippen molar-refractivity contribution in [2.24, 2.45) is 0 Å².